The number of hydrogen-bond acceptors (Lipinski definition) is 4. The van der Waals surface area contributed by atoms with Crippen LogP contribution in [0.5, 0.6) is 5.75 Å². The van der Waals surface area contributed by atoms with Crippen LogP contribution in [0.2, 0.25) is 0 Å². The van der Waals surface area contributed by atoms with Crippen LogP contribution in [0.25, 0.3) is 5.69 Å². The van der Waals surface area contributed by atoms with Gasteiger partial charge in [-0.05, 0) is 75.4 Å². The van der Waals surface area contributed by atoms with Gasteiger partial charge in [0.1, 0.15) is 5.75 Å². The van der Waals surface area contributed by atoms with Crippen molar-refractivity contribution >= 4 is 39.6 Å². The van der Waals surface area contributed by atoms with Gasteiger partial charge in [-0.3, -0.25) is 9.59 Å². The van der Waals surface area contributed by atoms with E-state index in [0.29, 0.717) is 12.3 Å². The highest BCUT2D eigenvalue weighted by Gasteiger charge is 2.13. The predicted octanol–water partition coefficient (Wildman–Crippen LogP) is 4.34. The van der Waals surface area contributed by atoms with Gasteiger partial charge >= 0.3 is 11.8 Å². The summed E-state index contributed by atoms with van der Waals surface area (Å²) in [4.78, 5) is 24.0. The molecule has 8 heteroatoms. The zero-order valence-corrected chi connectivity index (χ0v) is 19.1. The van der Waals surface area contributed by atoms with Gasteiger partial charge in [0.15, 0.2) is 0 Å². The van der Waals surface area contributed by atoms with E-state index in [9.17, 15) is 9.59 Å². The summed E-state index contributed by atoms with van der Waals surface area (Å²) in [6.45, 7) is 6.52. The van der Waals surface area contributed by atoms with E-state index in [1.165, 1.54) is 6.21 Å². The minimum Gasteiger partial charge on any atom is -0.494 e. The van der Waals surface area contributed by atoms with Crippen LogP contribution in [0.15, 0.2) is 64.2 Å². The molecule has 0 fully saturated rings. The van der Waals surface area contributed by atoms with E-state index in [2.05, 4.69) is 36.3 Å². The van der Waals surface area contributed by atoms with Crippen LogP contribution in [-0.4, -0.2) is 29.2 Å². The van der Waals surface area contributed by atoms with Crippen molar-refractivity contribution in [2.45, 2.75) is 20.8 Å². The van der Waals surface area contributed by atoms with Crippen molar-refractivity contribution in [2.24, 2.45) is 5.10 Å². The molecule has 0 bridgehead atoms. The van der Waals surface area contributed by atoms with Crippen LogP contribution in [0.3, 0.4) is 0 Å². The molecule has 2 amide bonds. The number of aryl methyl sites for hydroxylation is 1. The molecule has 0 saturated carbocycles. The summed E-state index contributed by atoms with van der Waals surface area (Å²) >= 11 is 3.32. The van der Waals surface area contributed by atoms with Crippen molar-refractivity contribution in [1.29, 1.82) is 0 Å². The molecule has 2 aromatic carbocycles. The second kappa shape index (κ2) is 10.1. The first-order valence-electron chi connectivity index (χ1n) is 9.71. The van der Waals surface area contributed by atoms with Gasteiger partial charge in [-0.1, -0.05) is 15.9 Å². The number of nitrogens with zero attached hydrogens (tertiary/aromatic N) is 2. The van der Waals surface area contributed by atoms with E-state index in [1.807, 2.05) is 51.1 Å². The molecule has 0 aliphatic carbocycles. The van der Waals surface area contributed by atoms with Gasteiger partial charge < -0.3 is 14.6 Å². The van der Waals surface area contributed by atoms with Gasteiger partial charge in [0.05, 0.1) is 12.8 Å². The summed E-state index contributed by atoms with van der Waals surface area (Å²) < 4.78 is 8.45. The summed E-state index contributed by atoms with van der Waals surface area (Å²) in [6, 6.07) is 16.7. The molecule has 0 saturated heterocycles. The van der Waals surface area contributed by atoms with Crippen molar-refractivity contribution < 1.29 is 14.3 Å². The molecule has 0 spiro atoms. The minimum atomic E-state index is -0.848. The number of ether oxygens (including phenoxy) is 1. The lowest BCUT2D eigenvalue weighted by Crippen LogP contribution is -2.32. The SMILES string of the molecule is CCOc1ccc(-n2c(C)cc(/C=N\NC(=O)C(=O)Nc3ccc(Br)cc3)c2C)cc1. The topological polar surface area (TPSA) is 84.7 Å². The average Bonchev–Trinajstić information content (AvgIpc) is 3.03. The molecule has 1 heterocycles. The number of amides is 2. The first kappa shape index (κ1) is 22.3. The van der Waals surface area contributed by atoms with Crippen LogP contribution in [0.1, 0.15) is 23.9 Å². The number of anilines is 1. The Morgan fingerprint density at radius 2 is 1.74 bits per heavy atom. The number of halogens is 1. The Hall–Kier alpha value is -3.39. The second-order valence-corrected chi connectivity index (χ2v) is 7.66. The van der Waals surface area contributed by atoms with E-state index < -0.39 is 11.8 Å². The highest BCUT2D eigenvalue weighted by atomic mass is 79.9. The summed E-state index contributed by atoms with van der Waals surface area (Å²) in [5.74, 6) is -0.821. The lowest BCUT2D eigenvalue weighted by atomic mass is 10.2. The molecule has 7 nitrogen and oxygen atoms in total. The molecule has 1 aromatic heterocycles. The number of rotatable bonds is 6. The molecule has 0 atom stereocenters. The Kier molecular flexibility index (Phi) is 7.25. The molecule has 2 N–H and O–H groups in total. The number of hydrazone groups is 1. The highest BCUT2D eigenvalue weighted by Crippen LogP contribution is 2.22. The Morgan fingerprint density at radius 1 is 1.06 bits per heavy atom. The first-order chi connectivity index (χ1) is 14.9. The van der Waals surface area contributed by atoms with Crippen molar-refractivity contribution in [1.82, 2.24) is 9.99 Å². The quantitative estimate of drug-likeness (QED) is 0.311. The maximum atomic E-state index is 12.0. The smallest absolute Gasteiger partial charge is 0.329 e. The summed E-state index contributed by atoms with van der Waals surface area (Å²) in [5.41, 5.74) is 6.59. The Morgan fingerprint density at radius 3 is 2.39 bits per heavy atom. The predicted molar refractivity (Wildman–Crippen MR) is 125 cm³/mol. The van der Waals surface area contributed by atoms with Crippen molar-refractivity contribution in [3.63, 3.8) is 0 Å². The lowest BCUT2D eigenvalue weighted by Gasteiger charge is -2.10. The summed E-state index contributed by atoms with van der Waals surface area (Å²) in [7, 11) is 0. The normalized spacial score (nSPS) is 10.8. The Bertz CT molecular complexity index is 1100. The third-order valence-electron chi connectivity index (χ3n) is 4.55. The number of carbonyl (C=O) groups excluding carboxylic acids is 2. The maximum Gasteiger partial charge on any atom is 0.329 e. The largest absolute Gasteiger partial charge is 0.494 e. The van der Waals surface area contributed by atoms with E-state index in [-0.39, 0.29) is 0 Å². The molecule has 0 radical (unpaired) electrons. The Labute approximate surface area is 189 Å². The minimum absolute atomic E-state index is 0.520. The average molecular weight is 483 g/mol. The third-order valence-corrected chi connectivity index (χ3v) is 5.08. The first-order valence-corrected chi connectivity index (χ1v) is 10.5. The molecule has 0 unspecified atom stereocenters. The van der Waals surface area contributed by atoms with E-state index >= 15 is 0 Å². The van der Waals surface area contributed by atoms with E-state index in [0.717, 1.165) is 32.9 Å². The molecule has 160 valence electrons. The summed E-state index contributed by atoms with van der Waals surface area (Å²) in [5, 5.41) is 6.46. The fourth-order valence-corrected chi connectivity index (χ4v) is 3.37. The third kappa shape index (κ3) is 5.61. The van der Waals surface area contributed by atoms with Gasteiger partial charge in [-0.15, -0.1) is 0 Å². The molecule has 31 heavy (non-hydrogen) atoms. The number of carbonyl (C=O) groups is 2. The zero-order valence-electron chi connectivity index (χ0n) is 17.5. The molecule has 3 rings (SSSR count). The van der Waals surface area contributed by atoms with Gasteiger partial charge in [0.25, 0.3) is 0 Å². The fraction of sp³-hybridized carbons (Fsp3) is 0.174. The zero-order chi connectivity index (χ0) is 22.4. The van der Waals surface area contributed by atoms with Crippen LogP contribution in [0.4, 0.5) is 5.69 Å². The van der Waals surface area contributed by atoms with E-state index in [1.54, 1.807) is 24.3 Å². The molecular formula is C23H23BrN4O3. The highest BCUT2D eigenvalue weighted by molar-refractivity contribution is 9.10. The van der Waals surface area contributed by atoms with Crippen molar-refractivity contribution in [2.75, 3.05) is 11.9 Å². The summed E-state index contributed by atoms with van der Waals surface area (Å²) in [6.07, 6.45) is 1.53. The number of benzene rings is 2. The van der Waals surface area contributed by atoms with Gasteiger partial charge in [-0.2, -0.15) is 5.10 Å². The van der Waals surface area contributed by atoms with Crippen molar-refractivity contribution in [3.8, 4) is 11.4 Å². The standard InChI is InChI=1S/C23H23BrN4O3/c1-4-31-21-11-9-20(10-12-21)28-15(2)13-17(16(28)3)14-25-27-23(30)22(29)26-19-7-5-18(24)6-8-19/h5-14H,4H2,1-3H3,(H,26,29)(H,27,30)/b25-14-. The van der Waals surface area contributed by atoms with Crippen molar-refractivity contribution in [3.05, 3.63) is 76.0 Å². The lowest BCUT2D eigenvalue weighted by molar-refractivity contribution is -0.136. The number of nitrogens with one attached hydrogen (secondary N) is 2. The molecular weight excluding hydrogens is 460 g/mol. The number of hydrogen-bond donors (Lipinski definition) is 2. The Balaban J connectivity index is 1.65. The van der Waals surface area contributed by atoms with Crippen LogP contribution >= 0.6 is 15.9 Å². The van der Waals surface area contributed by atoms with Gasteiger partial charge in [-0.25, -0.2) is 5.43 Å². The molecule has 3 aromatic rings. The fourth-order valence-electron chi connectivity index (χ4n) is 3.11. The molecule has 0 aliphatic rings. The monoisotopic (exact) mass is 482 g/mol. The molecule has 0 aliphatic heterocycles. The van der Waals surface area contributed by atoms with Crippen LogP contribution in [-0.2, 0) is 9.59 Å². The second-order valence-electron chi connectivity index (χ2n) is 6.75. The maximum absolute atomic E-state index is 12.0. The van der Waals surface area contributed by atoms with Crippen LogP contribution < -0.4 is 15.5 Å². The number of aromatic nitrogens is 1. The van der Waals surface area contributed by atoms with Gasteiger partial charge in [0.2, 0.25) is 0 Å². The van der Waals surface area contributed by atoms with E-state index in [4.69, 9.17) is 4.74 Å². The van der Waals surface area contributed by atoms with Gasteiger partial charge in [0, 0.05) is 32.8 Å². The van der Waals surface area contributed by atoms with Crippen LogP contribution in [0, 0.1) is 13.8 Å².